The zero-order chi connectivity index (χ0) is 21.5. The molecule has 8 nitrogen and oxygen atoms in total. The van der Waals surface area contributed by atoms with Crippen molar-refractivity contribution in [3.8, 4) is 0 Å². The Balaban J connectivity index is 2.03. The smallest absolute Gasteiger partial charge is 0.325 e. The molecule has 2 aromatic rings. The molecule has 0 unspecified atom stereocenters. The molecular formula is C22H25N5O3. The molecule has 156 valence electrons. The molecule has 1 aromatic heterocycles. The number of aromatic nitrogens is 2. The minimum absolute atomic E-state index is 0.188. The zero-order valence-electron chi connectivity index (χ0n) is 17.3. The monoisotopic (exact) mass is 407 g/mol. The van der Waals surface area contributed by atoms with Gasteiger partial charge in [0.05, 0.1) is 19.0 Å². The predicted octanol–water partition coefficient (Wildman–Crippen LogP) is 0.802. The SMILES string of the molecule is CCN(CC)c1ccc(/C=c2\[nH]/c(=C\C=C3/C=NC=N3)n(CC(=O)OC)c2=O)cc1. The average Bonchev–Trinajstić information content (AvgIpc) is 3.38. The molecule has 30 heavy (non-hydrogen) atoms. The molecule has 0 bridgehead atoms. The molecule has 0 fully saturated rings. The van der Waals surface area contributed by atoms with Crippen molar-refractivity contribution in [2.24, 2.45) is 9.98 Å². The van der Waals surface area contributed by atoms with Crippen LogP contribution < -0.4 is 21.3 Å². The van der Waals surface area contributed by atoms with E-state index in [1.807, 2.05) is 24.3 Å². The minimum Gasteiger partial charge on any atom is -0.468 e. The Hall–Kier alpha value is -3.68. The second-order valence-electron chi connectivity index (χ2n) is 6.58. The van der Waals surface area contributed by atoms with E-state index in [1.165, 1.54) is 18.0 Å². The quantitative estimate of drug-likeness (QED) is 0.688. The molecule has 8 heteroatoms. The second-order valence-corrected chi connectivity index (χ2v) is 6.58. The maximum Gasteiger partial charge on any atom is 0.325 e. The van der Waals surface area contributed by atoms with Gasteiger partial charge < -0.3 is 14.6 Å². The van der Waals surface area contributed by atoms with Crippen LogP contribution >= 0.6 is 0 Å². The molecule has 1 aliphatic heterocycles. The lowest BCUT2D eigenvalue weighted by Crippen LogP contribution is -2.34. The third-order valence-electron chi connectivity index (χ3n) is 4.77. The van der Waals surface area contributed by atoms with E-state index in [4.69, 9.17) is 4.74 Å². The molecule has 0 saturated carbocycles. The minimum atomic E-state index is -0.506. The van der Waals surface area contributed by atoms with Crippen molar-refractivity contribution < 1.29 is 9.53 Å². The number of imidazole rings is 1. The van der Waals surface area contributed by atoms with E-state index < -0.39 is 5.97 Å². The number of carbonyl (C=O) groups excluding carboxylic acids is 1. The average molecular weight is 407 g/mol. The molecule has 0 saturated heterocycles. The topological polar surface area (TPSA) is 92.1 Å². The number of anilines is 1. The van der Waals surface area contributed by atoms with Gasteiger partial charge in [0.25, 0.3) is 5.56 Å². The first kappa shape index (κ1) is 21.0. The van der Waals surface area contributed by atoms with Crippen molar-refractivity contribution in [3.05, 3.63) is 62.8 Å². The van der Waals surface area contributed by atoms with E-state index in [0.717, 1.165) is 24.3 Å². The van der Waals surface area contributed by atoms with Crippen LogP contribution in [0.1, 0.15) is 19.4 Å². The number of esters is 1. The number of nitrogens with zero attached hydrogens (tertiary/aromatic N) is 4. The number of allylic oxidation sites excluding steroid dienone is 2. The Morgan fingerprint density at radius 1 is 1.20 bits per heavy atom. The van der Waals surface area contributed by atoms with Gasteiger partial charge in [-0.05, 0) is 49.8 Å². The first-order chi connectivity index (χ1) is 14.5. The molecule has 1 aromatic carbocycles. The summed E-state index contributed by atoms with van der Waals surface area (Å²) >= 11 is 0. The fourth-order valence-electron chi connectivity index (χ4n) is 3.12. The van der Waals surface area contributed by atoms with E-state index in [-0.39, 0.29) is 12.1 Å². The summed E-state index contributed by atoms with van der Waals surface area (Å²) in [4.78, 5) is 38.0. The van der Waals surface area contributed by atoms with Crippen molar-refractivity contribution in [2.75, 3.05) is 25.1 Å². The van der Waals surface area contributed by atoms with E-state index in [1.54, 1.807) is 24.4 Å². The first-order valence-corrected chi connectivity index (χ1v) is 9.75. The number of ether oxygens (including phenoxy) is 1. The molecule has 1 N–H and O–H groups in total. The van der Waals surface area contributed by atoms with Crippen LogP contribution in [0.25, 0.3) is 12.2 Å². The summed E-state index contributed by atoms with van der Waals surface area (Å²) < 4.78 is 6.07. The van der Waals surface area contributed by atoms with Crippen LogP contribution in [0.3, 0.4) is 0 Å². The van der Waals surface area contributed by atoms with Gasteiger partial charge in [-0.1, -0.05) is 12.1 Å². The molecule has 2 heterocycles. The molecule has 3 rings (SSSR count). The van der Waals surface area contributed by atoms with E-state index in [0.29, 0.717) is 16.5 Å². The van der Waals surface area contributed by atoms with Gasteiger partial charge in [-0.3, -0.25) is 14.2 Å². The van der Waals surface area contributed by atoms with Crippen LogP contribution in [0.5, 0.6) is 0 Å². The van der Waals surface area contributed by atoms with Gasteiger partial charge in [-0.25, -0.2) is 9.98 Å². The van der Waals surface area contributed by atoms with Crippen LogP contribution in [0, 0.1) is 0 Å². The van der Waals surface area contributed by atoms with Gasteiger partial charge in [0.1, 0.15) is 23.7 Å². The normalized spacial score (nSPS) is 15.4. The number of benzene rings is 1. The summed E-state index contributed by atoms with van der Waals surface area (Å²) in [6, 6.07) is 7.99. The number of aliphatic imine (C=N–C) groups is 2. The summed E-state index contributed by atoms with van der Waals surface area (Å²) in [7, 11) is 1.29. The molecule has 0 atom stereocenters. The van der Waals surface area contributed by atoms with Crippen LogP contribution in [0.15, 0.2) is 50.8 Å². The highest BCUT2D eigenvalue weighted by Gasteiger charge is 2.09. The van der Waals surface area contributed by atoms with Crippen molar-refractivity contribution >= 4 is 36.4 Å². The molecule has 1 aliphatic rings. The first-order valence-electron chi connectivity index (χ1n) is 9.75. The number of hydrogen-bond donors (Lipinski definition) is 1. The lowest BCUT2D eigenvalue weighted by atomic mass is 10.2. The summed E-state index contributed by atoms with van der Waals surface area (Å²) in [5, 5.41) is 0.378. The highest BCUT2D eigenvalue weighted by molar-refractivity contribution is 5.92. The van der Waals surface area contributed by atoms with Crippen molar-refractivity contribution in [1.29, 1.82) is 0 Å². The van der Waals surface area contributed by atoms with Crippen molar-refractivity contribution in [2.45, 2.75) is 20.4 Å². The van der Waals surface area contributed by atoms with E-state index in [9.17, 15) is 9.59 Å². The number of H-pyrrole nitrogens is 1. The van der Waals surface area contributed by atoms with Crippen LogP contribution in [-0.4, -0.2) is 48.3 Å². The Kier molecular flexibility index (Phi) is 6.79. The fraction of sp³-hybridized carbons (Fsp3) is 0.273. The third kappa shape index (κ3) is 4.83. The van der Waals surface area contributed by atoms with Gasteiger partial charge in [0, 0.05) is 18.8 Å². The van der Waals surface area contributed by atoms with Crippen LogP contribution in [0.2, 0.25) is 0 Å². The van der Waals surface area contributed by atoms with Crippen LogP contribution in [-0.2, 0) is 16.1 Å². The standard InChI is InChI=1S/C22H25N5O3/c1-4-26(5-2)18-9-6-16(7-10-18)12-19-22(29)27(14-21(28)30-3)20(25-19)11-8-17-13-23-15-24-17/h6-13,15,25H,4-5,14H2,1-3H3/b17-8+,19-12-,20-11+. The highest BCUT2D eigenvalue weighted by atomic mass is 16.5. The van der Waals surface area contributed by atoms with Gasteiger partial charge in [0.15, 0.2) is 0 Å². The highest BCUT2D eigenvalue weighted by Crippen LogP contribution is 2.14. The molecular weight excluding hydrogens is 382 g/mol. The Morgan fingerprint density at radius 3 is 2.53 bits per heavy atom. The van der Waals surface area contributed by atoms with Gasteiger partial charge in [-0.15, -0.1) is 0 Å². The summed E-state index contributed by atoms with van der Waals surface area (Å²) in [5.74, 6) is -0.506. The summed E-state index contributed by atoms with van der Waals surface area (Å²) in [5.41, 5.74) is 2.83. The number of carbonyl (C=O) groups is 1. The molecule has 0 spiro atoms. The Bertz CT molecular complexity index is 1150. The number of hydrogen-bond acceptors (Lipinski definition) is 6. The third-order valence-corrected chi connectivity index (χ3v) is 4.77. The lowest BCUT2D eigenvalue weighted by Gasteiger charge is -2.20. The Morgan fingerprint density at radius 2 is 1.93 bits per heavy atom. The molecule has 0 aliphatic carbocycles. The number of aromatic amines is 1. The number of nitrogens with one attached hydrogen (secondary N) is 1. The second kappa shape index (κ2) is 9.69. The predicted molar refractivity (Wildman–Crippen MR) is 119 cm³/mol. The van der Waals surface area contributed by atoms with Crippen molar-refractivity contribution in [3.63, 3.8) is 0 Å². The van der Waals surface area contributed by atoms with Gasteiger partial charge in [-0.2, -0.15) is 0 Å². The summed E-state index contributed by atoms with van der Waals surface area (Å²) in [6.45, 7) is 5.90. The molecule has 0 amide bonds. The van der Waals surface area contributed by atoms with Crippen molar-refractivity contribution in [1.82, 2.24) is 9.55 Å². The van der Waals surface area contributed by atoms with E-state index in [2.05, 4.69) is 33.7 Å². The summed E-state index contributed by atoms with van der Waals surface area (Å²) in [6.07, 6.45) is 8.22. The zero-order valence-corrected chi connectivity index (χ0v) is 17.3. The number of rotatable bonds is 7. The van der Waals surface area contributed by atoms with Gasteiger partial charge in [0.2, 0.25) is 0 Å². The van der Waals surface area contributed by atoms with Gasteiger partial charge >= 0.3 is 5.97 Å². The lowest BCUT2D eigenvalue weighted by molar-refractivity contribution is -0.141. The number of methoxy groups -OCH3 is 1. The largest absolute Gasteiger partial charge is 0.468 e. The van der Waals surface area contributed by atoms with E-state index >= 15 is 0 Å². The van der Waals surface area contributed by atoms with Crippen LogP contribution in [0.4, 0.5) is 5.69 Å². The molecule has 0 radical (unpaired) electrons. The maximum absolute atomic E-state index is 12.9. The Labute approximate surface area is 174 Å². The fourth-order valence-corrected chi connectivity index (χ4v) is 3.12. The maximum atomic E-state index is 12.9.